The van der Waals surface area contributed by atoms with Crippen molar-refractivity contribution in [1.82, 2.24) is 0 Å². The summed E-state index contributed by atoms with van der Waals surface area (Å²) >= 11 is 5.60. The summed E-state index contributed by atoms with van der Waals surface area (Å²) in [4.78, 5) is 0. The second kappa shape index (κ2) is 46.2. The molecule has 34 nitrogen and oxygen atoms in total. The molecule has 30 atom stereocenters. The average molecular weight is 1570 g/mol. The Morgan fingerprint density at radius 2 is 0.454 bits per heavy atom. The van der Waals surface area contributed by atoms with E-state index in [9.17, 15) is 97.0 Å². The van der Waals surface area contributed by atoms with Crippen molar-refractivity contribution in [3.63, 3.8) is 0 Å². The third-order valence-corrected chi connectivity index (χ3v) is 18.3. The Balaban J connectivity index is 0.000000278. The quantitative estimate of drug-likeness (QED) is 0.0205. The molecule has 0 aromatic heterocycles. The second-order valence-corrected chi connectivity index (χ2v) is 25.8. The number of hydrogen-bond donors (Lipinski definition) is 21. The van der Waals surface area contributed by atoms with Crippen molar-refractivity contribution in [2.24, 2.45) is 0 Å². The second-order valence-electron chi connectivity index (χ2n) is 25.5. The molecule has 6 aliphatic heterocycles. The van der Waals surface area contributed by atoms with Crippen LogP contribution in [-0.4, -0.2) is 337 Å². The summed E-state index contributed by atoms with van der Waals surface area (Å²) in [7, 11) is 0. The average Bonchev–Trinajstić information content (AvgIpc) is 0.801. The van der Waals surface area contributed by atoms with Crippen LogP contribution in [0.4, 0.5) is 0 Å². The smallest absolute Gasteiger partial charge is 0.870 e. The van der Waals surface area contributed by atoms with Crippen molar-refractivity contribution in [3.05, 3.63) is 168 Å². The van der Waals surface area contributed by atoms with Gasteiger partial charge in [0.2, 0.25) is 0 Å². The molecular formula is C72H100ClNaO34. The van der Waals surface area contributed by atoms with E-state index in [0.717, 1.165) is 44.5 Å². The Labute approximate surface area is 649 Å². The van der Waals surface area contributed by atoms with Gasteiger partial charge in [0, 0.05) is 5.88 Å². The largest absolute Gasteiger partial charge is 1.00 e. The van der Waals surface area contributed by atoms with Crippen LogP contribution in [0.25, 0.3) is 24.3 Å². The molecule has 0 unspecified atom stereocenters. The molecule has 6 aliphatic rings. The number of aliphatic hydroxyl groups is 21. The minimum Gasteiger partial charge on any atom is -0.870 e. The summed E-state index contributed by atoms with van der Waals surface area (Å²) in [6, 6.07) is 30.4. The van der Waals surface area contributed by atoms with E-state index < -0.39 is 204 Å². The van der Waals surface area contributed by atoms with Crippen LogP contribution < -0.4 is 29.6 Å². The van der Waals surface area contributed by atoms with Crippen molar-refractivity contribution in [3.8, 4) is 0 Å². The van der Waals surface area contributed by atoms with Gasteiger partial charge in [-0.3, -0.25) is 0 Å². The number of ether oxygens (including phenoxy) is 12. The van der Waals surface area contributed by atoms with Crippen LogP contribution in [0, 0.1) is 0 Å². The number of aliphatic hydroxyl groups excluding tert-OH is 21. The zero-order valence-corrected chi connectivity index (χ0v) is 61.6. The van der Waals surface area contributed by atoms with Crippen LogP contribution in [0.1, 0.15) is 44.5 Å². The molecule has 4 aromatic rings. The zero-order valence-electron chi connectivity index (χ0n) is 58.9. The van der Waals surface area contributed by atoms with Gasteiger partial charge in [0.15, 0.2) is 37.7 Å². The fourth-order valence-corrected chi connectivity index (χ4v) is 11.5. The third-order valence-electron chi connectivity index (χ3n) is 18.0. The molecule has 4 aromatic carbocycles. The van der Waals surface area contributed by atoms with Crippen LogP contribution in [0.15, 0.2) is 123 Å². The topological polar surface area (TPSA) is 566 Å². The first-order chi connectivity index (χ1) is 50.6. The van der Waals surface area contributed by atoms with Crippen molar-refractivity contribution in [1.29, 1.82) is 0 Å². The minimum absolute atomic E-state index is 0. The number of benzene rings is 4. The molecule has 0 aliphatic carbocycles. The van der Waals surface area contributed by atoms with Gasteiger partial charge in [-0.05, 0) is 44.5 Å². The van der Waals surface area contributed by atoms with Crippen molar-refractivity contribution < 1.29 is 199 Å². The first-order valence-electron chi connectivity index (χ1n) is 33.8. The Kier molecular flexibility index (Phi) is 40.4. The summed E-state index contributed by atoms with van der Waals surface area (Å²) in [5.41, 5.74) is 7.72. The molecule has 108 heavy (non-hydrogen) atoms. The van der Waals surface area contributed by atoms with E-state index in [0.29, 0.717) is 5.88 Å². The van der Waals surface area contributed by atoms with E-state index in [1.165, 1.54) is 0 Å². The normalized spacial score (nSPS) is 36.6. The number of rotatable bonds is 26. The summed E-state index contributed by atoms with van der Waals surface area (Å²) < 4.78 is 65.3. The van der Waals surface area contributed by atoms with Crippen molar-refractivity contribution in [2.45, 2.75) is 210 Å². The first-order valence-corrected chi connectivity index (χ1v) is 34.3. The molecule has 0 radical (unpaired) electrons. The van der Waals surface area contributed by atoms with Crippen LogP contribution in [0.5, 0.6) is 0 Å². The molecule has 6 fully saturated rings. The number of halogens is 1. The maximum absolute atomic E-state index is 10.5. The van der Waals surface area contributed by atoms with E-state index in [4.69, 9.17) is 78.7 Å². The third kappa shape index (κ3) is 25.4. The van der Waals surface area contributed by atoms with Gasteiger partial charge < -0.3 is 170 Å². The van der Waals surface area contributed by atoms with Gasteiger partial charge in [0.25, 0.3) is 0 Å². The van der Waals surface area contributed by atoms with Crippen LogP contribution in [0.3, 0.4) is 0 Å². The van der Waals surface area contributed by atoms with E-state index in [1.807, 2.05) is 103 Å². The van der Waals surface area contributed by atoms with Gasteiger partial charge in [-0.15, -0.1) is 11.6 Å². The van der Waals surface area contributed by atoms with Gasteiger partial charge in [0.1, 0.15) is 146 Å². The van der Waals surface area contributed by atoms with Gasteiger partial charge in [-0.1, -0.05) is 148 Å². The monoisotopic (exact) mass is 1570 g/mol. The van der Waals surface area contributed by atoms with Crippen molar-refractivity contribution >= 4 is 35.9 Å². The predicted octanol–water partition coefficient (Wildman–Crippen LogP) is -7.69. The van der Waals surface area contributed by atoms with Gasteiger partial charge in [-0.2, -0.15) is 0 Å². The Hall–Kier alpha value is -4.23. The zero-order chi connectivity index (χ0) is 77.6. The molecule has 0 saturated carbocycles. The fourth-order valence-electron chi connectivity index (χ4n) is 11.3. The molecule has 36 heteroatoms. The molecule has 6 saturated heterocycles. The van der Waals surface area contributed by atoms with Crippen LogP contribution in [0.2, 0.25) is 0 Å². The fraction of sp³-hybridized carbons (Fsp3) is 0.556. The number of alkyl halides is 1. The standard InChI is InChI=1S/C30H38O11.C21H30O11.C12H22O11.C9H9Cl.Na.H2O/c1-3-17-5-9-19(10-6-17)13-37-15-21-23(31)25(33)27(35)29(39-21)41-30-28(36)26(34)24(32)22(40-30)16-38-14-20-11-7-18(4-2)8-12-20;1-2-10-3-5-11(6-4-10)8-29-9-13-15(24)17(26)19(28)21(31-13)32-20-18(27)16(25)14(23)12(7-22)30-20;13-1-3-5(15)7(17)9(19)11(21-3)23-12-10(20)8(18)6(16)4(2-14)22-12;1-2-8-3-5-9(7-10)6-4-8;;/h3-12,21-36H,1-2,13-16H2;2-6,12-28H,1,7-9H2;3-20H,1-2H2;2-6H,1,7H2;;1H2/q;;;;+1;/p-1/t21-,22-,23-,24-,25+,26+,27-,28-,29-,30-;12-,13-,14-,15-,16+,17+,18-,19-,20-,21-;3-,4-,5-,6-,7+,8+,9-,10-,11-,12-;;;/m111.../s1. The van der Waals surface area contributed by atoms with Gasteiger partial charge in [-0.25, -0.2) is 0 Å². The van der Waals surface area contributed by atoms with Gasteiger partial charge in [0.05, 0.1) is 59.5 Å². The molecule has 22 N–H and O–H groups in total. The molecule has 6 heterocycles. The number of hydrogen-bond acceptors (Lipinski definition) is 34. The van der Waals surface area contributed by atoms with Gasteiger partial charge >= 0.3 is 29.6 Å². The molecule has 600 valence electrons. The maximum Gasteiger partial charge on any atom is 1.00 e. The molecule has 10 rings (SSSR count). The van der Waals surface area contributed by atoms with E-state index in [1.54, 1.807) is 18.2 Å². The van der Waals surface area contributed by atoms with Crippen LogP contribution in [-0.2, 0) is 82.5 Å². The Bertz CT molecular complexity index is 3100. The Morgan fingerprint density at radius 1 is 0.278 bits per heavy atom. The molecule has 0 spiro atoms. The van der Waals surface area contributed by atoms with Crippen molar-refractivity contribution in [2.75, 3.05) is 39.6 Å². The summed E-state index contributed by atoms with van der Waals surface area (Å²) in [5.74, 6) is 0.581. The van der Waals surface area contributed by atoms with E-state index in [2.05, 4.69) is 26.3 Å². The maximum atomic E-state index is 10.5. The molecule has 0 amide bonds. The first kappa shape index (κ1) is 94.4. The summed E-state index contributed by atoms with van der Waals surface area (Å²) in [5, 5.41) is 209. The molecule has 0 bridgehead atoms. The van der Waals surface area contributed by atoms with Crippen LogP contribution >= 0.6 is 11.6 Å². The van der Waals surface area contributed by atoms with E-state index >= 15 is 0 Å². The minimum atomic E-state index is -1.72. The Morgan fingerprint density at radius 3 is 0.630 bits per heavy atom. The SMILES string of the molecule is C=Cc1ccc(CCl)cc1.C=Cc1ccc(COC[C@H]2O[C@H](O[C@H]3O[C@H](CO)[C@@H](O)[C@H](O)[C@H]3O)[C@H](O)[C@@H](O)[C@@H]2O)cc1.C=Cc1ccc(COC[C@H]2O[C@H](O[C@H]3O[C@H](COCc4ccc(C=C)cc4)[C@@H](O)[C@H](O)[C@H]3O)[C@H](O)[C@@H](O)[C@@H]2O)cc1.OC[C@H]1O[C@H](O[C@H]2O[C@H](CO)[C@@H](O)[C@H](O)[C@H]2O)[C@H](O)[C@@H](O)[C@@H]1O.[Na+].[OH-]. The summed E-state index contributed by atoms with van der Waals surface area (Å²) in [6.45, 7) is 12.9. The predicted molar refractivity (Wildman–Crippen MR) is 371 cm³/mol. The molecular weight excluding hydrogens is 1470 g/mol. The summed E-state index contributed by atoms with van der Waals surface area (Å²) in [6.07, 6.45) is -38.9. The van der Waals surface area contributed by atoms with E-state index in [-0.39, 0.29) is 74.7 Å².